The lowest BCUT2D eigenvalue weighted by molar-refractivity contribution is 0.141. The van der Waals surface area contributed by atoms with Gasteiger partial charge in [-0.15, -0.1) is 0 Å². The van der Waals surface area contributed by atoms with Crippen molar-refractivity contribution in [2.24, 2.45) is 5.92 Å². The molecule has 0 aromatic carbocycles. The van der Waals surface area contributed by atoms with E-state index in [4.69, 9.17) is 10.4 Å². The fourth-order valence-corrected chi connectivity index (χ4v) is 1.85. The summed E-state index contributed by atoms with van der Waals surface area (Å²) in [5.74, 6) is 0.577. The molecule has 1 N–H and O–H groups in total. The zero-order valence-corrected chi connectivity index (χ0v) is 7.53. The van der Waals surface area contributed by atoms with Gasteiger partial charge in [-0.2, -0.15) is 5.26 Å². The van der Waals surface area contributed by atoms with Crippen molar-refractivity contribution in [2.75, 3.05) is 19.7 Å². The first-order valence-electron chi connectivity index (χ1n) is 4.51. The van der Waals surface area contributed by atoms with Gasteiger partial charge in [0.2, 0.25) is 0 Å². The van der Waals surface area contributed by atoms with Gasteiger partial charge < -0.3 is 5.11 Å². The Labute approximate surface area is 73.6 Å². The Hall–Kier alpha value is -0.590. The van der Waals surface area contributed by atoms with Gasteiger partial charge in [-0.25, -0.2) is 0 Å². The van der Waals surface area contributed by atoms with Crippen LogP contribution in [0.3, 0.4) is 0 Å². The molecule has 0 saturated carbocycles. The van der Waals surface area contributed by atoms with Crippen molar-refractivity contribution in [3.05, 3.63) is 0 Å². The Morgan fingerprint density at radius 1 is 1.67 bits per heavy atom. The van der Waals surface area contributed by atoms with E-state index in [2.05, 4.69) is 17.9 Å². The zero-order valence-electron chi connectivity index (χ0n) is 7.53. The zero-order chi connectivity index (χ0) is 8.97. The highest BCUT2D eigenvalue weighted by Crippen LogP contribution is 2.23. The monoisotopic (exact) mass is 168 g/mol. The Kier molecular flexibility index (Phi) is 3.51. The largest absolute Gasteiger partial charge is 0.395 e. The maximum atomic E-state index is 9.08. The average molecular weight is 168 g/mol. The number of aliphatic hydroxyl groups is 1. The Morgan fingerprint density at radius 2 is 2.42 bits per heavy atom. The van der Waals surface area contributed by atoms with Crippen LogP contribution in [0.2, 0.25) is 0 Å². The molecule has 0 bridgehead atoms. The van der Waals surface area contributed by atoms with Crippen LogP contribution in [0.5, 0.6) is 0 Å². The van der Waals surface area contributed by atoms with E-state index < -0.39 is 0 Å². The van der Waals surface area contributed by atoms with Crippen molar-refractivity contribution < 1.29 is 5.11 Å². The first kappa shape index (κ1) is 9.50. The topological polar surface area (TPSA) is 47.3 Å². The number of rotatable bonds is 3. The molecule has 1 rings (SSSR count). The van der Waals surface area contributed by atoms with Gasteiger partial charge in [0.25, 0.3) is 0 Å². The standard InChI is InChI=1S/C9H16N2O/c1-8-3-6-11(5-2-4-10)9(8)7-12/h8-9,12H,2-3,5-7H2,1H3. The minimum atomic E-state index is 0.229. The van der Waals surface area contributed by atoms with Crippen molar-refractivity contribution in [3.8, 4) is 6.07 Å². The van der Waals surface area contributed by atoms with E-state index in [0.717, 1.165) is 19.5 Å². The lowest BCUT2D eigenvalue weighted by Crippen LogP contribution is -2.35. The molecule has 0 spiro atoms. The molecule has 12 heavy (non-hydrogen) atoms. The highest BCUT2D eigenvalue weighted by atomic mass is 16.3. The summed E-state index contributed by atoms with van der Waals surface area (Å²) in [6, 6.07) is 2.42. The Bertz CT molecular complexity index is 176. The van der Waals surface area contributed by atoms with Gasteiger partial charge in [0.1, 0.15) is 0 Å². The molecule has 1 aliphatic heterocycles. The molecule has 1 heterocycles. The molecule has 0 radical (unpaired) electrons. The second-order valence-corrected chi connectivity index (χ2v) is 3.46. The summed E-state index contributed by atoms with van der Waals surface area (Å²) in [7, 11) is 0. The third-order valence-corrected chi connectivity index (χ3v) is 2.70. The number of nitriles is 1. The smallest absolute Gasteiger partial charge is 0.0635 e. The van der Waals surface area contributed by atoms with E-state index in [1.54, 1.807) is 0 Å². The third-order valence-electron chi connectivity index (χ3n) is 2.70. The van der Waals surface area contributed by atoms with Gasteiger partial charge in [0.05, 0.1) is 12.7 Å². The summed E-state index contributed by atoms with van der Waals surface area (Å²) in [5, 5.41) is 17.5. The van der Waals surface area contributed by atoms with E-state index >= 15 is 0 Å². The highest BCUT2D eigenvalue weighted by Gasteiger charge is 2.29. The van der Waals surface area contributed by atoms with Crippen LogP contribution < -0.4 is 0 Å². The predicted molar refractivity (Wildman–Crippen MR) is 46.5 cm³/mol. The van der Waals surface area contributed by atoms with Crippen molar-refractivity contribution in [1.29, 1.82) is 5.26 Å². The van der Waals surface area contributed by atoms with Crippen molar-refractivity contribution in [1.82, 2.24) is 4.90 Å². The quantitative estimate of drug-likeness (QED) is 0.671. The lowest BCUT2D eigenvalue weighted by Gasteiger charge is -2.23. The molecule has 2 unspecified atom stereocenters. The highest BCUT2D eigenvalue weighted by molar-refractivity contribution is 4.85. The van der Waals surface area contributed by atoms with E-state index in [1.807, 2.05) is 0 Å². The molecule has 0 aliphatic carbocycles. The molecule has 3 heteroatoms. The summed E-state index contributed by atoms with van der Waals surface area (Å²) in [6.45, 7) is 4.24. The number of likely N-dealkylation sites (tertiary alicyclic amines) is 1. The van der Waals surface area contributed by atoms with Gasteiger partial charge in [0.15, 0.2) is 0 Å². The van der Waals surface area contributed by atoms with E-state index in [9.17, 15) is 0 Å². The van der Waals surface area contributed by atoms with Crippen LogP contribution in [0.1, 0.15) is 19.8 Å². The van der Waals surface area contributed by atoms with Crippen molar-refractivity contribution in [2.45, 2.75) is 25.8 Å². The van der Waals surface area contributed by atoms with Crippen molar-refractivity contribution >= 4 is 0 Å². The fraction of sp³-hybridized carbons (Fsp3) is 0.889. The van der Waals surface area contributed by atoms with Crippen LogP contribution in [0.4, 0.5) is 0 Å². The summed E-state index contributed by atoms with van der Waals surface area (Å²) in [5.41, 5.74) is 0. The number of nitrogens with zero attached hydrogens (tertiary/aromatic N) is 2. The minimum absolute atomic E-state index is 0.229. The molecule has 1 saturated heterocycles. The van der Waals surface area contributed by atoms with Gasteiger partial charge in [0, 0.05) is 19.0 Å². The van der Waals surface area contributed by atoms with E-state index in [0.29, 0.717) is 18.4 Å². The van der Waals surface area contributed by atoms with E-state index in [1.165, 1.54) is 0 Å². The molecule has 0 aromatic rings. The van der Waals surface area contributed by atoms with Crippen LogP contribution in [0.25, 0.3) is 0 Å². The Balaban J connectivity index is 2.39. The minimum Gasteiger partial charge on any atom is -0.395 e. The van der Waals surface area contributed by atoms with Crippen LogP contribution in [0, 0.1) is 17.2 Å². The summed E-state index contributed by atoms with van der Waals surface area (Å²) >= 11 is 0. The van der Waals surface area contributed by atoms with Gasteiger partial charge in [-0.05, 0) is 18.9 Å². The second-order valence-electron chi connectivity index (χ2n) is 3.46. The number of hydrogen-bond acceptors (Lipinski definition) is 3. The summed E-state index contributed by atoms with van der Waals surface area (Å²) in [6.07, 6.45) is 1.72. The van der Waals surface area contributed by atoms with Crippen LogP contribution in [0.15, 0.2) is 0 Å². The van der Waals surface area contributed by atoms with Crippen LogP contribution in [-0.4, -0.2) is 35.7 Å². The molecular weight excluding hydrogens is 152 g/mol. The van der Waals surface area contributed by atoms with Crippen LogP contribution >= 0.6 is 0 Å². The molecular formula is C9H16N2O. The van der Waals surface area contributed by atoms with Gasteiger partial charge in [-0.1, -0.05) is 6.92 Å². The number of aliphatic hydroxyl groups excluding tert-OH is 1. The average Bonchev–Trinajstić information content (AvgIpc) is 2.43. The molecule has 1 aliphatic rings. The molecule has 68 valence electrons. The van der Waals surface area contributed by atoms with Crippen LogP contribution in [-0.2, 0) is 0 Å². The maximum absolute atomic E-state index is 9.08. The van der Waals surface area contributed by atoms with E-state index in [-0.39, 0.29) is 6.61 Å². The van der Waals surface area contributed by atoms with Gasteiger partial charge in [-0.3, -0.25) is 4.90 Å². The first-order valence-corrected chi connectivity index (χ1v) is 4.51. The molecule has 1 fully saturated rings. The first-order chi connectivity index (χ1) is 5.79. The molecule has 2 atom stereocenters. The fourth-order valence-electron chi connectivity index (χ4n) is 1.85. The lowest BCUT2D eigenvalue weighted by atomic mass is 10.0. The predicted octanol–water partition coefficient (Wildman–Crippen LogP) is 0.603. The molecule has 0 amide bonds. The van der Waals surface area contributed by atoms with Crippen molar-refractivity contribution in [3.63, 3.8) is 0 Å². The maximum Gasteiger partial charge on any atom is 0.0635 e. The summed E-state index contributed by atoms with van der Waals surface area (Å²) in [4.78, 5) is 2.22. The second kappa shape index (κ2) is 4.44. The molecule has 3 nitrogen and oxygen atoms in total. The number of hydrogen-bond donors (Lipinski definition) is 1. The molecule has 0 aromatic heterocycles. The normalized spacial score (nSPS) is 30.4. The Morgan fingerprint density at radius 3 is 3.00 bits per heavy atom. The SMILES string of the molecule is CC1CCN(CCC#N)C1CO. The van der Waals surface area contributed by atoms with Gasteiger partial charge >= 0.3 is 0 Å². The third kappa shape index (κ3) is 1.96. The summed E-state index contributed by atoms with van der Waals surface area (Å²) < 4.78 is 0.